The average Bonchev–Trinajstić information content (AvgIpc) is 2.99. The molecular formula is C20H23F2N3O3S. The van der Waals surface area contributed by atoms with Crippen molar-refractivity contribution in [2.45, 2.75) is 30.6 Å². The first-order valence-electron chi connectivity index (χ1n) is 9.45. The molecule has 2 aromatic rings. The number of halogens is 2. The molecule has 9 heteroatoms. The Morgan fingerprint density at radius 1 is 1.00 bits per heavy atom. The summed E-state index contributed by atoms with van der Waals surface area (Å²) in [6.45, 7) is 0.807. The van der Waals surface area contributed by atoms with Gasteiger partial charge in [-0.1, -0.05) is 18.9 Å². The lowest BCUT2D eigenvalue weighted by Crippen LogP contribution is -2.32. The van der Waals surface area contributed by atoms with E-state index in [0.29, 0.717) is 24.8 Å². The largest absolute Gasteiger partial charge is 0.376 e. The van der Waals surface area contributed by atoms with Crippen molar-refractivity contribution in [1.29, 1.82) is 0 Å². The molecule has 1 aliphatic heterocycles. The molecule has 0 aliphatic carbocycles. The van der Waals surface area contributed by atoms with Crippen molar-refractivity contribution in [3.8, 4) is 0 Å². The molecule has 2 N–H and O–H groups in total. The monoisotopic (exact) mass is 423 g/mol. The number of nitrogens with zero attached hydrogens (tertiary/aromatic N) is 1. The van der Waals surface area contributed by atoms with Gasteiger partial charge in [0.1, 0.15) is 11.6 Å². The topological polar surface area (TPSA) is 78.5 Å². The molecule has 1 heterocycles. The van der Waals surface area contributed by atoms with Crippen molar-refractivity contribution in [3.63, 3.8) is 0 Å². The maximum absolute atomic E-state index is 13.6. The van der Waals surface area contributed by atoms with E-state index in [-0.39, 0.29) is 17.1 Å². The second kappa shape index (κ2) is 9.32. The minimum absolute atomic E-state index is 0.129. The fourth-order valence-corrected chi connectivity index (χ4v) is 4.73. The highest BCUT2D eigenvalue weighted by Crippen LogP contribution is 2.22. The number of anilines is 2. The summed E-state index contributed by atoms with van der Waals surface area (Å²) in [6.07, 6.45) is 3.74. The van der Waals surface area contributed by atoms with Gasteiger partial charge in [-0.05, 0) is 43.2 Å². The quantitative estimate of drug-likeness (QED) is 0.745. The lowest BCUT2D eigenvalue weighted by molar-refractivity contribution is -0.114. The molecule has 2 aromatic carbocycles. The Morgan fingerprint density at radius 3 is 2.41 bits per heavy atom. The van der Waals surface area contributed by atoms with Gasteiger partial charge in [0.2, 0.25) is 15.9 Å². The predicted molar refractivity (Wildman–Crippen MR) is 107 cm³/mol. The zero-order valence-corrected chi connectivity index (χ0v) is 16.6. The standard InChI is InChI=1S/C20H23F2N3O3S/c21-15-8-9-19(18(22)12-15)24-20(26)14-23-16-6-5-7-17(13-16)29(27,28)25-10-3-1-2-4-11-25/h5-9,12-13,23H,1-4,10-11,14H2,(H,24,26). The molecule has 0 saturated carbocycles. The van der Waals surface area contributed by atoms with Crippen LogP contribution in [0, 0.1) is 11.6 Å². The number of sulfonamides is 1. The molecular weight excluding hydrogens is 400 g/mol. The van der Waals surface area contributed by atoms with E-state index in [2.05, 4.69) is 10.6 Å². The summed E-state index contributed by atoms with van der Waals surface area (Å²) in [6, 6.07) is 9.11. The molecule has 156 valence electrons. The Bertz CT molecular complexity index is 975. The summed E-state index contributed by atoms with van der Waals surface area (Å²) < 4.78 is 53.8. The number of carbonyl (C=O) groups excluding carboxylic acids is 1. The molecule has 0 atom stereocenters. The van der Waals surface area contributed by atoms with Gasteiger partial charge < -0.3 is 10.6 Å². The third kappa shape index (κ3) is 5.51. The number of carbonyl (C=O) groups is 1. The molecule has 1 saturated heterocycles. The van der Waals surface area contributed by atoms with Gasteiger partial charge in [0.15, 0.2) is 0 Å². The first-order chi connectivity index (χ1) is 13.9. The molecule has 6 nitrogen and oxygen atoms in total. The fraction of sp³-hybridized carbons (Fsp3) is 0.350. The number of benzene rings is 2. The molecule has 0 spiro atoms. The van der Waals surface area contributed by atoms with Crippen LogP contribution < -0.4 is 10.6 Å². The van der Waals surface area contributed by atoms with Gasteiger partial charge >= 0.3 is 0 Å². The predicted octanol–water partition coefficient (Wildman–Crippen LogP) is 3.58. The summed E-state index contributed by atoms with van der Waals surface area (Å²) >= 11 is 0. The van der Waals surface area contributed by atoms with E-state index >= 15 is 0 Å². The molecule has 0 unspecified atom stereocenters. The lowest BCUT2D eigenvalue weighted by Gasteiger charge is -2.20. The summed E-state index contributed by atoms with van der Waals surface area (Å²) in [7, 11) is -3.60. The van der Waals surface area contributed by atoms with Crippen molar-refractivity contribution in [1.82, 2.24) is 4.31 Å². The number of hydrogen-bond acceptors (Lipinski definition) is 4. The molecule has 29 heavy (non-hydrogen) atoms. The van der Waals surface area contributed by atoms with Crippen LogP contribution in [0.2, 0.25) is 0 Å². The van der Waals surface area contributed by atoms with E-state index in [4.69, 9.17) is 0 Å². The Morgan fingerprint density at radius 2 is 1.72 bits per heavy atom. The number of amides is 1. The SMILES string of the molecule is O=C(CNc1cccc(S(=O)(=O)N2CCCCCC2)c1)Nc1ccc(F)cc1F. The normalized spacial score (nSPS) is 15.5. The molecule has 3 rings (SSSR count). The van der Waals surface area contributed by atoms with Crippen molar-refractivity contribution >= 4 is 27.3 Å². The van der Waals surface area contributed by atoms with Gasteiger partial charge in [0.25, 0.3) is 0 Å². The van der Waals surface area contributed by atoms with Crippen molar-refractivity contribution in [2.75, 3.05) is 30.3 Å². The maximum atomic E-state index is 13.6. The molecule has 0 radical (unpaired) electrons. The summed E-state index contributed by atoms with van der Waals surface area (Å²) in [5.41, 5.74) is 0.325. The van der Waals surface area contributed by atoms with E-state index in [0.717, 1.165) is 37.8 Å². The van der Waals surface area contributed by atoms with Crippen LogP contribution in [0.15, 0.2) is 47.4 Å². The average molecular weight is 423 g/mol. The Labute approximate surface area is 169 Å². The van der Waals surface area contributed by atoms with E-state index in [1.54, 1.807) is 12.1 Å². The van der Waals surface area contributed by atoms with Crippen LogP contribution in [-0.4, -0.2) is 38.3 Å². The highest BCUT2D eigenvalue weighted by Gasteiger charge is 2.25. The first-order valence-corrected chi connectivity index (χ1v) is 10.9. The van der Waals surface area contributed by atoms with Gasteiger partial charge in [-0.2, -0.15) is 4.31 Å². The third-order valence-electron chi connectivity index (χ3n) is 4.70. The lowest BCUT2D eigenvalue weighted by atomic mass is 10.2. The Hall–Kier alpha value is -2.52. The van der Waals surface area contributed by atoms with Crippen LogP contribution in [0.1, 0.15) is 25.7 Å². The van der Waals surface area contributed by atoms with Crippen LogP contribution in [0.4, 0.5) is 20.2 Å². The minimum Gasteiger partial charge on any atom is -0.376 e. The molecule has 0 bridgehead atoms. The van der Waals surface area contributed by atoms with Gasteiger partial charge in [0, 0.05) is 24.8 Å². The van der Waals surface area contributed by atoms with Gasteiger partial charge in [-0.15, -0.1) is 0 Å². The zero-order valence-electron chi connectivity index (χ0n) is 15.8. The fourth-order valence-electron chi connectivity index (χ4n) is 3.17. The second-order valence-electron chi connectivity index (χ2n) is 6.87. The first kappa shape index (κ1) is 21.2. The van der Waals surface area contributed by atoms with Crippen LogP contribution in [0.25, 0.3) is 0 Å². The van der Waals surface area contributed by atoms with Crippen LogP contribution in [0.5, 0.6) is 0 Å². The summed E-state index contributed by atoms with van der Waals surface area (Å²) in [4.78, 5) is 12.2. The molecule has 1 amide bonds. The van der Waals surface area contributed by atoms with Gasteiger partial charge in [-0.3, -0.25) is 4.79 Å². The van der Waals surface area contributed by atoms with Crippen molar-refractivity contribution in [3.05, 3.63) is 54.1 Å². The summed E-state index contributed by atoms with van der Waals surface area (Å²) in [5, 5.41) is 5.17. The highest BCUT2D eigenvalue weighted by atomic mass is 32.2. The molecule has 1 aliphatic rings. The van der Waals surface area contributed by atoms with E-state index in [1.165, 1.54) is 16.4 Å². The molecule has 1 fully saturated rings. The zero-order chi connectivity index (χ0) is 20.9. The molecule has 0 aromatic heterocycles. The van der Waals surface area contributed by atoms with Crippen LogP contribution in [0.3, 0.4) is 0 Å². The number of hydrogen-bond donors (Lipinski definition) is 2. The Kier molecular flexibility index (Phi) is 6.81. The number of rotatable bonds is 6. The van der Waals surface area contributed by atoms with E-state index < -0.39 is 27.6 Å². The van der Waals surface area contributed by atoms with E-state index in [9.17, 15) is 22.0 Å². The smallest absolute Gasteiger partial charge is 0.243 e. The van der Waals surface area contributed by atoms with Gasteiger partial charge in [0.05, 0.1) is 17.1 Å². The van der Waals surface area contributed by atoms with Crippen molar-refractivity contribution < 1.29 is 22.0 Å². The number of nitrogens with one attached hydrogen (secondary N) is 2. The second-order valence-corrected chi connectivity index (χ2v) is 8.81. The van der Waals surface area contributed by atoms with Crippen LogP contribution >= 0.6 is 0 Å². The Balaban J connectivity index is 1.64. The highest BCUT2D eigenvalue weighted by molar-refractivity contribution is 7.89. The third-order valence-corrected chi connectivity index (χ3v) is 6.59. The summed E-state index contributed by atoms with van der Waals surface area (Å²) in [5.74, 6) is -2.15. The minimum atomic E-state index is -3.60. The van der Waals surface area contributed by atoms with Gasteiger partial charge in [-0.25, -0.2) is 17.2 Å². The van der Waals surface area contributed by atoms with E-state index in [1.807, 2.05) is 0 Å². The van der Waals surface area contributed by atoms with Crippen molar-refractivity contribution in [2.24, 2.45) is 0 Å². The maximum Gasteiger partial charge on any atom is 0.243 e. The van der Waals surface area contributed by atoms with Crippen LogP contribution in [-0.2, 0) is 14.8 Å².